The summed E-state index contributed by atoms with van der Waals surface area (Å²) in [7, 11) is 0. The van der Waals surface area contributed by atoms with Crippen LogP contribution in [0.2, 0.25) is 0 Å². The number of hydrogen-bond donors (Lipinski definition) is 1. The van der Waals surface area contributed by atoms with Gasteiger partial charge in [0.1, 0.15) is 0 Å². The van der Waals surface area contributed by atoms with Crippen molar-refractivity contribution >= 4 is 0 Å². The molecule has 1 atom stereocenters. The molecule has 2 fully saturated rings. The summed E-state index contributed by atoms with van der Waals surface area (Å²) in [4.78, 5) is 5.31. The Morgan fingerprint density at radius 1 is 1.18 bits per heavy atom. The van der Waals surface area contributed by atoms with Crippen LogP contribution in [0.25, 0.3) is 0 Å². The highest BCUT2D eigenvalue weighted by molar-refractivity contribution is 4.87. The fourth-order valence-electron chi connectivity index (χ4n) is 3.21. The third-order valence-corrected chi connectivity index (χ3v) is 4.42. The van der Waals surface area contributed by atoms with E-state index in [1.54, 1.807) is 0 Å². The van der Waals surface area contributed by atoms with Gasteiger partial charge in [-0.3, -0.25) is 4.90 Å². The van der Waals surface area contributed by atoms with Crippen molar-refractivity contribution in [3.05, 3.63) is 0 Å². The van der Waals surface area contributed by atoms with Gasteiger partial charge in [0, 0.05) is 32.2 Å². The van der Waals surface area contributed by atoms with Gasteiger partial charge in [0.25, 0.3) is 0 Å². The Kier molecular flexibility index (Phi) is 4.45. The molecule has 2 rings (SSSR count). The molecule has 0 aromatic carbocycles. The largest absolute Gasteiger partial charge is 0.316 e. The standard InChI is InChI=1S/C14H29N3/c1-13(2)17-8-4-7-16(9-10-17)12-14(3)5-6-15-11-14/h13,15H,4-12H2,1-3H3. The van der Waals surface area contributed by atoms with E-state index in [2.05, 4.69) is 35.9 Å². The van der Waals surface area contributed by atoms with E-state index < -0.39 is 0 Å². The molecule has 0 bridgehead atoms. The van der Waals surface area contributed by atoms with E-state index in [-0.39, 0.29) is 0 Å². The quantitative estimate of drug-likeness (QED) is 0.803. The van der Waals surface area contributed by atoms with Crippen LogP contribution in [0.4, 0.5) is 0 Å². The van der Waals surface area contributed by atoms with E-state index in [0.717, 1.165) is 0 Å². The van der Waals surface area contributed by atoms with Crippen LogP contribution in [0.1, 0.15) is 33.6 Å². The van der Waals surface area contributed by atoms with Crippen LogP contribution in [-0.2, 0) is 0 Å². The van der Waals surface area contributed by atoms with E-state index in [9.17, 15) is 0 Å². The molecule has 0 radical (unpaired) electrons. The predicted molar refractivity (Wildman–Crippen MR) is 73.4 cm³/mol. The van der Waals surface area contributed by atoms with E-state index in [1.807, 2.05) is 0 Å². The van der Waals surface area contributed by atoms with Crippen molar-refractivity contribution in [3.8, 4) is 0 Å². The summed E-state index contributed by atoms with van der Waals surface area (Å²) >= 11 is 0. The van der Waals surface area contributed by atoms with Crippen LogP contribution in [-0.4, -0.2) is 61.7 Å². The van der Waals surface area contributed by atoms with Crippen molar-refractivity contribution in [2.24, 2.45) is 5.41 Å². The first-order chi connectivity index (χ1) is 8.09. The second kappa shape index (κ2) is 5.68. The van der Waals surface area contributed by atoms with E-state index in [1.165, 1.54) is 58.7 Å². The zero-order chi connectivity index (χ0) is 12.3. The Morgan fingerprint density at radius 2 is 2.00 bits per heavy atom. The second-order valence-corrected chi connectivity index (χ2v) is 6.50. The van der Waals surface area contributed by atoms with Crippen LogP contribution < -0.4 is 5.32 Å². The van der Waals surface area contributed by atoms with Crippen LogP contribution in [0.15, 0.2) is 0 Å². The van der Waals surface area contributed by atoms with Crippen molar-refractivity contribution in [2.75, 3.05) is 45.8 Å². The Hall–Kier alpha value is -0.120. The highest BCUT2D eigenvalue weighted by Gasteiger charge is 2.31. The molecule has 1 unspecified atom stereocenters. The average molecular weight is 239 g/mol. The monoisotopic (exact) mass is 239 g/mol. The maximum atomic E-state index is 3.51. The lowest BCUT2D eigenvalue weighted by atomic mass is 9.89. The molecule has 0 saturated carbocycles. The third kappa shape index (κ3) is 3.67. The molecule has 100 valence electrons. The third-order valence-electron chi connectivity index (χ3n) is 4.42. The molecule has 2 saturated heterocycles. The molecule has 3 heteroatoms. The molecular weight excluding hydrogens is 210 g/mol. The summed E-state index contributed by atoms with van der Waals surface area (Å²) in [5.74, 6) is 0. The zero-order valence-electron chi connectivity index (χ0n) is 11.8. The summed E-state index contributed by atoms with van der Waals surface area (Å²) < 4.78 is 0. The van der Waals surface area contributed by atoms with Crippen molar-refractivity contribution in [2.45, 2.75) is 39.7 Å². The first-order valence-electron chi connectivity index (χ1n) is 7.26. The van der Waals surface area contributed by atoms with Gasteiger partial charge >= 0.3 is 0 Å². The SMILES string of the molecule is CC(C)N1CCCN(CC2(C)CCNC2)CC1. The van der Waals surface area contributed by atoms with Gasteiger partial charge in [-0.05, 0) is 51.7 Å². The summed E-state index contributed by atoms with van der Waals surface area (Å²) in [6, 6.07) is 0.707. The molecule has 3 nitrogen and oxygen atoms in total. The van der Waals surface area contributed by atoms with Gasteiger partial charge in [-0.2, -0.15) is 0 Å². The van der Waals surface area contributed by atoms with Gasteiger partial charge in [-0.25, -0.2) is 0 Å². The van der Waals surface area contributed by atoms with Crippen LogP contribution >= 0.6 is 0 Å². The summed E-state index contributed by atoms with van der Waals surface area (Å²) in [6.45, 7) is 15.9. The van der Waals surface area contributed by atoms with Gasteiger partial charge in [-0.15, -0.1) is 0 Å². The molecule has 0 aromatic rings. The number of rotatable bonds is 3. The molecule has 17 heavy (non-hydrogen) atoms. The maximum absolute atomic E-state index is 3.51. The summed E-state index contributed by atoms with van der Waals surface area (Å²) in [6.07, 6.45) is 2.68. The molecule has 2 aliphatic rings. The molecule has 0 amide bonds. The first-order valence-corrected chi connectivity index (χ1v) is 7.26. The van der Waals surface area contributed by atoms with Crippen molar-refractivity contribution in [1.82, 2.24) is 15.1 Å². The van der Waals surface area contributed by atoms with Crippen LogP contribution in [0.5, 0.6) is 0 Å². The smallest absolute Gasteiger partial charge is 0.0112 e. The first kappa shape index (κ1) is 13.3. The lowest BCUT2D eigenvalue weighted by molar-refractivity contribution is 0.173. The molecule has 2 aliphatic heterocycles. The normalized spacial score (nSPS) is 33.2. The fraction of sp³-hybridized carbons (Fsp3) is 1.00. The lowest BCUT2D eigenvalue weighted by Crippen LogP contribution is -2.40. The van der Waals surface area contributed by atoms with Crippen molar-refractivity contribution in [1.29, 1.82) is 0 Å². The van der Waals surface area contributed by atoms with Gasteiger partial charge in [0.15, 0.2) is 0 Å². The van der Waals surface area contributed by atoms with Crippen molar-refractivity contribution in [3.63, 3.8) is 0 Å². The van der Waals surface area contributed by atoms with E-state index in [4.69, 9.17) is 0 Å². The average Bonchev–Trinajstić information content (AvgIpc) is 2.56. The molecular formula is C14H29N3. The topological polar surface area (TPSA) is 18.5 Å². The zero-order valence-corrected chi connectivity index (χ0v) is 11.8. The minimum absolute atomic E-state index is 0.521. The molecule has 2 heterocycles. The Bertz CT molecular complexity index is 234. The molecule has 0 aliphatic carbocycles. The lowest BCUT2D eigenvalue weighted by Gasteiger charge is -2.31. The number of hydrogen-bond acceptors (Lipinski definition) is 3. The Morgan fingerprint density at radius 3 is 2.65 bits per heavy atom. The minimum atomic E-state index is 0.521. The Balaban J connectivity index is 1.82. The highest BCUT2D eigenvalue weighted by Crippen LogP contribution is 2.26. The molecule has 0 spiro atoms. The fourth-order valence-corrected chi connectivity index (χ4v) is 3.21. The Labute approximate surface area is 107 Å². The minimum Gasteiger partial charge on any atom is -0.316 e. The van der Waals surface area contributed by atoms with Gasteiger partial charge in [0.2, 0.25) is 0 Å². The summed E-state index contributed by atoms with van der Waals surface area (Å²) in [5.41, 5.74) is 0.521. The van der Waals surface area contributed by atoms with Gasteiger partial charge < -0.3 is 10.2 Å². The maximum Gasteiger partial charge on any atom is 0.0112 e. The molecule has 0 aromatic heterocycles. The molecule has 1 N–H and O–H groups in total. The summed E-state index contributed by atoms with van der Waals surface area (Å²) in [5, 5.41) is 3.51. The van der Waals surface area contributed by atoms with Crippen LogP contribution in [0.3, 0.4) is 0 Å². The van der Waals surface area contributed by atoms with Crippen LogP contribution in [0, 0.1) is 5.41 Å². The van der Waals surface area contributed by atoms with Gasteiger partial charge in [0.05, 0.1) is 0 Å². The predicted octanol–water partition coefficient (Wildman–Crippen LogP) is 1.40. The second-order valence-electron chi connectivity index (χ2n) is 6.50. The highest BCUT2D eigenvalue weighted by atomic mass is 15.2. The van der Waals surface area contributed by atoms with E-state index >= 15 is 0 Å². The number of nitrogens with zero attached hydrogens (tertiary/aromatic N) is 2. The van der Waals surface area contributed by atoms with Gasteiger partial charge in [-0.1, -0.05) is 6.92 Å². The van der Waals surface area contributed by atoms with E-state index in [0.29, 0.717) is 11.5 Å². The number of nitrogens with one attached hydrogen (secondary N) is 1. The van der Waals surface area contributed by atoms with Crippen molar-refractivity contribution < 1.29 is 0 Å².